The molecule has 0 aliphatic heterocycles. The molecule has 1 aromatic heterocycles. The van der Waals surface area contributed by atoms with Gasteiger partial charge < -0.3 is 4.90 Å². The Hall–Kier alpha value is -1.84. The van der Waals surface area contributed by atoms with Gasteiger partial charge in [0.15, 0.2) is 0 Å². The lowest BCUT2D eigenvalue weighted by Gasteiger charge is -2.17. The van der Waals surface area contributed by atoms with Gasteiger partial charge in [0.05, 0.1) is 0 Å². The summed E-state index contributed by atoms with van der Waals surface area (Å²) in [6.07, 6.45) is 5.80. The van der Waals surface area contributed by atoms with Gasteiger partial charge in [0.25, 0.3) is 5.91 Å². The summed E-state index contributed by atoms with van der Waals surface area (Å²) in [5, 5.41) is 7.02. The van der Waals surface area contributed by atoms with Crippen molar-refractivity contribution < 1.29 is 4.79 Å². The number of carbonyl (C=O) groups is 1. The first kappa shape index (κ1) is 11.6. The molecule has 1 aromatic rings. The summed E-state index contributed by atoms with van der Waals surface area (Å²) in [5.41, 5.74) is 1.56. The van der Waals surface area contributed by atoms with Crippen molar-refractivity contribution in [2.24, 2.45) is 0 Å². The van der Waals surface area contributed by atoms with E-state index in [1.54, 1.807) is 17.1 Å². The van der Waals surface area contributed by atoms with Gasteiger partial charge in [-0.05, 0) is 18.9 Å². The highest BCUT2D eigenvalue weighted by molar-refractivity contribution is 5.92. The molecule has 1 N–H and O–H groups in total. The summed E-state index contributed by atoms with van der Waals surface area (Å²) in [4.78, 5) is 13.8. The number of hydrogen-bond donors (Lipinski definition) is 1. The fraction of sp³-hybridized carbons (Fsp3) is 0.385. The maximum Gasteiger partial charge on any atom is 0.274 e. The summed E-state index contributed by atoms with van der Waals surface area (Å²) in [7, 11) is 0. The summed E-state index contributed by atoms with van der Waals surface area (Å²) in [6, 6.07) is 1.86. The Morgan fingerprint density at radius 1 is 1.47 bits per heavy atom. The molecule has 90 valence electrons. The van der Waals surface area contributed by atoms with E-state index in [-0.39, 0.29) is 5.91 Å². The number of aromatic amines is 1. The molecule has 0 bridgehead atoms. The van der Waals surface area contributed by atoms with Crippen molar-refractivity contribution in [3.8, 4) is 0 Å². The number of hydrogen-bond acceptors (Lipinski definition) is 2. The monoisotopic (exact) mass is 231 g/mol. The van der Waals surface area contributed by atoms with Crippen molar-refractivity contribution in [1.29, 1.82) is 0 Å². The molecule has 1 heterocycles. The molecule has 4 heteroatoms. The quantitative estimate of drug-likeness (QED) is 0.762. The van der Waals surface area contributed by atoms with Crippen molar-refractivity contribution in [3.63, 3.8) is 0 Å². The standard InChI is InChI=1S/C13H17N3O/c1-3-7-16(8-4-2)13(17)12-9-11(14-15-12)10-5-6-10/h3-4,9-10H,1-2,5-8H2,(H,14,15). The van der Waals surface area contributed by atoms with Crippen LogP contribution < -0.4 is 0 Å². The van der Waals surface area contributed by atoms with E-state index in [4.69, 9.17) is 0 Å². The molecular weight excluding hydrogens is 214 g/mol. The van der Waals surface area contributed by atoms with Crippen LogP contribution in [0.2, 0.25) is 0 Å². The van der Waals surface area contributed by atoms with Crippen LogP contribution in [0.3, 0.4) is 0 Å². The van der Waals surface area contributed by atoms with E-state index in [1.807, 2.05) is 6.07 Å². The predicted molar refractivity (Wildman–Crippen MR) is 66.9 cm³/mol. The molecule has 0 radical (unpaired) electrons. The fourth-order valence-corrected chi connectivity index (χ4v) is 1.76. The summed E-state index contributed by atoms with van der Waals surface area (Å²) < 4.78 is 0. The second kappa shape index (κ2) is 4.99. The number of rotatable bonds is 6. The summed E-state index contributed by atoms with van der Waals surface area (Å²) in [5.74, 6) is 0.504. The normalized spacial score (nSPS) is 14.4. The molecular formula is C13H17N3O. The topological polar surface area (TPSA) is 49.0 Å². The van der Waals surface area contributed by atoms with Crippen molar-refractivity contribution >= 4 is 5.91 Å². The number of H-pyrrole nitrogens is 1. The average molecular weight is 231 g/mol. The third-order valence-electron chi connectivity index (χ3n) is 2.82. The fourth-order valence-electron chi connectivity index (χ4n) is 1.76. The number of nitrogens with one attached hydrogen (secondary N) is 1. The van der Waals surface area contributed by atoms with Gasteiger partial charge in [0, 0.05) is 24.7 Å². The highest BCUT2D eigenvalue weighted by Gasteiger charge is 2.27. The second-order valence-electron chi connectivity index (χ2n) is 4.27. The molecule has 0 aromatic carbocycles. The van der Waals surface area contributed by atoms with Gasteiger partial charge in [-0.15, -0.1) is 13.2 Å². The van der Waals surface area contributed by atoms with Crippen LogP contribution in [0.1, 0.15) is 34.9 Å². The van der Waals surface area contributed by atoms with Crippen molar-refractivity contribution in [2.75, 3.05) is 13.1 Å². The van der Waals surface area contributed by atoms with Gasteiger partial charge in [-0.3, -0.25) is 9.89 Å². The molecule has 1 amide bonds. The van der Waals surface area contributed by atoms with Crippen LogP contribution in [-0.4, -0.2) is 34.1 Å². The molecule has 0 atom stereocenters. The molecule has 1 saturated carbocycles. The van der Waals surface area contributed by atoms with Gasteiger partial charge in [-0.2, -0.15) is 5.10 Å². The van der Waals surface area contributed by atoms with E-state index in [9.17, 15) is 4.79 Å². The van der Waals surface area contributed by atoms with E-state index in [2.05, 4.69) is 23.4 Å². The Bertz CT molecular complexity index is 422. The minimum absolute atomic E-state index is 0.0760. The summed E-state index contributed by atoms with van der Waals surface area (Å²) in [6.45, 7) is 8.31. The Morgan fingerprint density at radius 3 is 2.65 bits per heavy atom. The molecule has 0 saturated heterocycles. The number of amides is 1. The van der Waals surface area contributed by atoms with Crippen molar-refractivity contribution in [3.05, 3.63) is 42.8 Å². The maximum absolute atomic E-state index is 12.1. The van der Waals surface area contributed by atoms with E-state index in [0.717, 1.165) is 5.69 Å². The largest absolute Gasteiger partial charge is 0.330 e. The number of carbonyl (C=O) groups excluding carboxylic acids is 1. The van der Waals surface area contributed by atoms with Crippen LogP contribution in [0.5, 0.6) is 0 Å². The minimum Gasteiger partial charge on any atom is -0.330 e. The first-order valence-electron chi connectivity index (χ1n) is 5.82. The second-order valence-corrected chi connectivity index (χ2v) is 4.27. The molecule has 4 nitrogen and oxygen atoms in total. The van der Waals surface area contributed by atoms with Crippen LogP contribution in [0.4, 0.5) is 0 Å². The molecule has 1 aliphatic rings. The number of nitrogens with zero attached hydrogens (tertiary/aromatic N) is 2. The Kier molecular flexibility index (Phi) is 3.42. The van der Waals surface area contributed by atoms with Crippen LogP contribution in [-0.2, 0) is 0 Å². The molecule has 2 rings (SSSR count). The Labute approximate surface area is 101 Å². The van der Waals surface area contributed by atoms with Crippen molar-refractivity contribution in [1.82, 2.24) is 15.1 Å². The highest BCUT2D eigenvalue weighted by atomic mass is 16.2. The van der Waals surface area contributed by atoms with E-state index < -0.39 is 0 Å². The molecule has 0 unspecified atom stereocenters. The zero-order valence-corrected chi connectivity index (χ0v) is 9.85. The Morgan fingerprint density at radius 2 is 2.12 bits per heavy atom. The van der Waals surface area contributed by atoms with Crippen LogP contribution in [0.15, 0.2) is 31.4 Å². The first-order valence-corrected chi connectivity index (χ1v) is 5.82. The van der Waals surface area contributed by atoms with E-state index >= 15 is 0 Å². The first-order chi connectivity index (χ1) is 8.26. The van der Waals surface area contributed by atoms with Crippen molar-refractivity contribution in [2.45, 2.75) is 18.8 Å². The Balaban J connectivity index is 2.09. The lowest BCUT2D eigenvalue weighted by Crippen LogP contribution is -2.31. The third kappa shape index (κ3) is 2.64. The summed E-state index contributed by atoms with van der Waals surface area (Å²) >= 11 is 0. The number of aromatic nitrogens is 2. The zero-order valence-electron chi connectivity index (χ0n) is 9.85. The zero-order chi connectivity index (χ0) is 12.3. The molecule has 0 spiro atoms. The van der Waals surface area contributed by atoms with Gasteiger partial charge in [0.2, 0.25) is 0 Å². The van der Waals surface area contributed by atoms with Crippen LogP contribution >= 0.6 is 0 Å². The lowest BCUT2D eigenvalue weighted by atomic mass is 10.2. The minimum atomic E-state index is -0.0760. The molecule has 1 aliphatic carbocycles. The van der Waals surface area contributed by atoms with Crippen LogP contribution in [0, 0.1) is 0 Å². The lowest BCUT2D eigenvalue weighted by molar-refractivity contribution is 0.0785. The van der Waals surface area contributed by atoms with Crippen LogP contribution in [0.25, 0.3) is 0 Å². The van der Waals surface area contributed by atoms with E-state index in [0.29, 0.717) is 24.7 Å². The maximum atomic E-state index is 12.1. The smallest absolute Gasteiger partial charge is 0.274 e. The predicted octanol–water partition coefficient (Wildman–Crippen LogP) is 2.10. The SMILES string of the molecule is C=CCN(CC=C)C(=O)c1cc(C2CC2)[nH]n1. The van der Waals surface area contributed by atoms with Gasteiger partial charge >= 0.3 is 0 Å². The highest BCUT2D eigenvalue weighted by Crippen LogP contribution is 2.39. The van der Waals surface area contributed by atoms with Gasteiger partial charge in [0.1, 0.15) is 5.69 Å². The van der Waals surface area contributed by atoms with Gasteiger partial charge in [-0.1, -0.05) is 12.2 Å². The van der Waals surface area contributed by atoms with E-state index in [1.165, 1.54) is 12.8 Å². The van der Waals surface area contributed by atoms with Gasteiger partial charge in [-0.25, -0.2) is 0 Å². The third-order valence-corrected chi connectivity index (χ3v) is 2.82. The molecule has 1 fully saturated rings. The average Bonchev–Trinajstić information content (AvgIpc) is 3.06. The molecule has 17 heavy (non-hydrogen) atoms.